The van der Waals surface area contributed by atoms with Gasteiger partial charge in [-0.2, -0.15) is 4.52 Å². The molecule has 4 aromatic heterocycles. The summed E-state index contributed by atoms with van der Waals surface area (Å²) in [6.45, 7) is 3.78. The Labute approximate surface area is 141 Å². The Morgan fingerprint density at radius 3 is 2.92 bits per heavy atom. The second-order valence-electron chi connectivity index (χ2n) is 6.34. The Hall–Kier alpha value is -2.41. The fraction of sp³-hybridized carbons (Fsp3) is 0.353. The number of rotatable bonds is 1. The number of thiophene rings is 1. The SMILES string of the molecule is Cc1cc(-c2nc3c4c5c(sc4[nH]c(=O)n3n2)CCCC5)c(C)o1. The second kappa shape index (κ2) is 4.80. The van der Waals surface area contributed by atoms with Gasteiger partial charge in [0.1, 0.15) is 16.4 Å². The van der Waals surface area contributed by atoms with E-state index in [2.05, 4.69) is 10.1 Å². The van der Waals surface area contributed by atoms with Crippen molar-refractivity contribution in [2.45, 2.75) is 39.5 Å². The number of aryl methyl sites for hydroxylation is 4. The smallest absolute Gasteiger partial charge is 0.349 e. The molecule has 0 unspecified atom stereocenters. The van der Waals surface area contributed by atoms with Crippen LogP contribution in [-0.2, 0) is 12.8 Å². The molecule has 7 heteroatoms. The highest BCUT2D eigenvalue weighted by Gasteiger charge is 2.22. The molecule has 122 valence electrons. The normalized spacial score (nSPS) is 14.6. The molecule has 0 aliphatic heterocycles. The van der Waals surface area contributed by atoms with Gasteiger partial charge in [0.05, 0.1) is 10.9 Å². The van der Waals surface area contributed by atoms with Gasteiger partial charge >= 0.3 is 5.69 Å². The monoisotopic (exact) mass is 340 g/mol. The molecule has 0 saturated carbocycles. The Morgan fingerprint density at radius 1 is 1.29 bits per heavy atom. The molecule has 0 bridgehead atoms. The number of aromatic amines is 1. The summed E-state index contributed by atoms with van der Waals surface area (Å²) in [4.78, 5) is 22.4. The van der Waals surface area contributed by atoms with E-state index in [0.717, 1.165) is 40.1 Å². The number of nitrogens with one attached hydrogen (secondary N) is 1. The van der Waals surface area contributed by atoms with Crippen molar-refractivity contribution in [3.05, 3.63) is 38.5 Å². The van der Waals surface area contributed by atoms with Crippen molar-refractivity contribution < 1.29 is 4.42 Å². The number of fused-ring (bicyclic) bond motifs is 5. The average molecular weight is 340 g/mol. The Kier molecular flexibility index (Phi) is 2.79. The molecule has 5 rings (SSSR count). The van der Waals surface area contributed by atoms with Crippen molar-refractivity contribution >= 4 is 27.2 Å². The lowest BCUT2D eigenvalue weighted by molar-refractivity contribution is 0.505. The first-order valence-electron chi connectivity index (χ1n) is 8.12. The molecule has 0 saturated heterocycles. The molecule has 0 spiro atoms. The fourth-order valence-corrected chi connectivity index (χ4v) is 4.90. The minimum atomic E-state index is -0.243. The first-order chi connectivity index (χ1) is 11.6. The van der Waals surface area contributed by atoms with E-state index in [-0.39, 0.29) is 5.69 Å². The van der Waals surface area contributed by atoms with Gasteiger partial charge in [-0.25, -0.2) is 9.78 Å². The van der Waals surface area contributed by atoms with Crippen LogP contribution in [0.4, 0.5) is 0 Å². The number of aromatic nitrogens is 4. The maximum atomic E-state index is 12.4. The van der Waals surface area contributed by atoms with Crippen LogP contribution in [0.2, 0.25) is 0 Å². The largest absolute Gasteiger partial charge is 0.466 e. The van der Waals surface area contributed by atoms with Gasteiger partial charge in [0.25, 0.3) is 0 Å². The summed E-state index contributed by atoms with van der Waals surface area (Å²) in [5, 5.41) is 5.50. The lowest BCUT2D eigenvalue weighted by Gasteiger charge is -2.09. The molecular weight excluding hydrogens is 324 g/mol. The molecule has 1 aliphatic carbocycles. The van der Waals surface area contributed by atoms with E-state index < -0.39 is 0 Å². The minimum Gasteiger partial charge on any atom is -0.466 e. The van der Waals surface area contributed by atoms with Crippen LogP contribution >= 0.6 is 11.3 Å². The number of hydrogen-bond donors (Lipinski definition) is 1. The zero-order valence-electron chi connectivity index (χ0n) is 13.5. The van der Waals surface area contributed by atoms with Gasteiger partial charge in [0.15, 0.2) is 11.5 Å². The van der Waals surface area contributed by atoms with Crippen LogP contribution in [0.25, 0.3) is 27.3 Å². The molecule has 4 aromatic rings. The molecule has 0 aromatic carbocycles. The van der Waals surface area contributed by atoms with Crippen molar-refractivity contribution in [2.24, 2.45) is 0 Å². The van der Waals surface area contributed by atoms with E-state index in [1.165, 1.54) is 27.8 Å². The van der Waals surface area contributed by atoms with Crippen molar-refractivity contribution in [3.8, 4) is 11.4 Å². The van der Waals surface area contributed by atoms with E-state index in [1.54, 1.807) is 11.3 Å². The molecule has 6 nitrogen and oxygen atoms in total. The Bertz CT molecular complexity index is 1160. The maximum Gasteiger partial charge on any atom is 0.349 e. The number of hydrogen-bond acceptors (Lipinski definition) is 5. The van der Waals surface area contributed by atoms with Crippen LogP contribution < -0.4 is 5.69 Å². The summed E-state index contributed by atoms with van der Waals surface area (Å²) < 4.78 is 6.97. The van der Waals surface area contributed by atoms with Crippen LogP contribution in [0.15, 0.2) is 15.3 Å². The zero-order valence-corrected chi connectivity index (χ0v) is 14.3. The van der Waals surface area contributed by atoms with Crippen molar-refractivity contribution in [3.63, 3.8) is 0 Å². The predicted molar refractivity (Wildman–Crippen MR) is 92.8 cm³/mol. The number of H-pyrrole nitrogens is 1. The molecule has 0 radical (unpaired) electrons. The van der Waals surface area contributed by atoms with Gasteiger partial charge in [0, 0.05) is 4.88 Å². The van der Waals surface area contributed by atoms with E-state index in [4.69, 9.17) is 9.40 Å². The highest BCUT2D eigenvalue weighted by molar-refractivity contribution is 7.19. The summed E-state index contributed by atoms with van der Waals surface area (Å²) in [5.41, 5.74) is 2.59. The summed E-state index contributed by atoms with van der Waals surface area (Å²) in [6.07, 6.45) is 4.53. The quantitative estimate of drug-likeness (QED) is 0.576. The fourth-order valence-electron chi connectivity index (χ4n) is 3.62. The van der Waals surface area contributed by atoms with Crippen molar-refractivity contribution in [2.75, 3.05) is 0 Å². The third kappa shape index (κ3) is 1.84. The summed E-state index contributed by atoms with van der Waals surface area (Å²) in [5.74, 6) is 2.12. The van der Waals surface area contributed by atoms with Gasteiger partial charge in [-0.15, -0.1) is 16.4 Å². The molecule has 1 N–H and O–H groups in total. The predicted octanol–water partition coefficient (Wildman–Crippen LogP) is 3.39. The zero-order chi connectivity index (χ0) is 16.4. The maximum absolute atomic E-state index is 12.4. The van der Waals surface area contributed by atoms with Crippen LogP contribution in [0, 0.1) is 13.8 Å². The lowest BCUT2D eigenvalue weighted by atomic mass is 9.97. The number of nitrogens with zero attached hydrogens (tertiary/aromatic N) is 3. The molecule has 24 heavy (non-hydrogen) atoms. The molecule has 1 aliphatic rings. The van der Waals surface area contributed by atoms with E-state index in [9.17, 15) is 4.79 Å². The highest BCUT2D eigenvalue weighted by Crippen LogP contribution is 2.37. The molecule has 0 atom stereocenters. The van der Waals surface area contributed by atoms with Gasteiger partial charge < -0.3 is 4.42 Å². The van der Waals surface area contributed by atoms with E-state index in [1.807, 2.05) is 19.9 Å². The highest BCUT2D eigenvalue weighted by atomic mass is 32.1. The first-order valence-corrected chi connectivity index (χ1v) is 8.94. The summed E-state index contributed by atoms with van der Waals surface area (Å²) in [6, 6.07) is 1.92. The minimum absolute atomic E-state index is 0.243. The van der Waals surface area contributed by atoms with Crippen LogP contribution in [0.5, 0.6) is 0 Å². The number of furan rings is 1. The van der Waals surface area contributed by atoms with Gasteiger partial charge in [-0.05, 0) is 51.2 Å². The van der Waals surface area contributed by atoms with E-state index >= 15 is 0 Å². The first kappa shape index (κ1) is 14.0. The van der Waals surface area contributed by atoms with Crippen LogP contribution in [0.1, 0.15) is 34.8 Å². The summed E-state index contributed by atoms with van der Waals surface area (Å²) >= 11 is 1.69. The third-order valence-electron chi connectivity index (χ3n) is 4.70. The molecular formula is C17H16N4O2S. The molecule has 0 fully saturated rings. The average Bonchev–Trinajstić information content (AvgIpc) is 3.21. The third-order valence-corrected chi connectivity index (χ3v) is 5.90. The lowest BCUT2D eigenvalue weighted by Crippen LogP contribution is -2.17. The second-order valence-corrected chi connectivity index (χ2v) is 7.45. The van der Waals surface area contributed by atoms with Gasteiger partial charge in [-0.1, -0.05) is 0 Å². The standard InChI is InChI=1S/C17H16N4O2S/c1-8-7-11(9(2)23-8)14-18-15-13-10-5-3-4-6-12(10)24-16(13)19-17(22)21(15)20-14/h7H,3-6H2,1-2H3,(H,19,22). The van der Waals surface area contributed by atoms with Crippen molar-refractivity contribution in [1.29, 1.82) is 0 Å². The van der Waals surface area contributed by atoms with Gasteiger partial charge in [-0.3, -0.25) is 4.98 Å². The van der Waals surface area contributed by atoms with Crippen LogP contribution in [-0.4, -0.2) is 19.6 Å². The Balaban J connectivity index is 1.87. The topological polar surface area (TPSA) is 76.2 Å². The molecule has 4 heterocycles. The van der Waals surface area contributed by atoms with Crippen molar-refractivity contribution in [1.82, 2.24) is 19.6 Å². The van der Waals surface area contributed by atoms with Crippen LogP contribution in [0.3, 0.4) is 0 Å². The Morgan fingerprint density at radius 2 is 2.12 bits per heavy atom. The summed E-state index contributed by atoms with van der Waals surface area (Å²) in [7, 11) is 0. The van der Waals surface area contributed by atoms with E-state index in [0.29, 0.717) is 11.5 Å². The van der Waals surface area contributed by atoms with Gasteiger partial charge in [0.2, 0.25) is 0 Å². The molecule has 0 amide bonds.